The van der Waals surface area contributed by atoms with E-state index in [0.717, 1.165) is 5.56 Å². The number of carbonyl (C=O) groups is 1. The molecule has 7 nitrogen and oxygen atoms in total. The van der Waals surface area contributed by atoms with Gasteiger partial charge in [0.2, 0.25) is 0 Å². The minimum absolute atomic E-state index is 0.257. The largest absolute Gasteiger partial charge is 0.497 e. The summed E-state index contributed by atoms with van der Waals surface area (Å²) in [5, 5.41) is 6.04. The minimum atomic E-state index is -0.361. The molecular formula is C21H22N4O3. The number of ether oxygens (including phenoxy) is 2. The summed E-state index contributed by atoms with van der Waals surface area (Å²) in [6.45, 7) is 2.35. The molecule has 0 bridgehead atoms. The van der Waals surface area contributed by atoms with E-state index in [1.807, 2.05) is 30.3 Å². The highest BCUT2D eigenvalue weighted by Gasteiger charge is 2.14. The molecule has 0 aliphatic carbocycles. The molecule has 1 amide bonds. The third-order valence-electron chi connectivity index (χ3n) is 4.04. The van der Waals surface area contributed by atoms with Crippen LogP contribution in [-0.2, 0) is 6.54 Å². The average molecular weight is 378 g/mol. The van der Waals surface area contributed by atoms with Gasteiger partial charge in [0.05, 0.1) is 19.9 Å². The minimum Gasteiger partial charge on any atom is -0.497 e. The van der Waals surface area contributed by atoms with Crippen molar-refractivity contribution in [2.75, 3.05) is 24.9 Å². The van der Waals surface area contributed by atoms with Gasteiger partial charge in [0, 0.05) is 18.7 Å². The fraction of sp³-hybridized carbons (Fsp3) is 0.190. The summed E-state index contributed by atoms with van der Waals surface area (Å²) in [6, 6.07) is 16.8. The van der Waals surface area contributed by atoms with Gasteiger partial charge >= 0.3 is 0 Å². The molecular weight excluding hydrogens is 356 g/mol. The topological polar surface area (TPSA) is 85.4 Å². The Kier molecular flexibility index (Phi) is 6.06. The number of aryl methyl sites for hydroxylation is 1. The summed E-state index contributed by atoms with van der Waals surface area (Å²) in [4.78, 5) is 21.3. The Hall–Kier alpha value is -3.61. The van der Waals surface area contributed by atoms with Crippen molar-refractivity contribution in [3.05, 3.63) is 71.7 Å². The van der Waals surface area contributed by atoms with Crippen LogP contribution in [0, 0.1) is 6.92 Å². The van der Waals surface area contributed by atoms with E-state index in [1.54, 1.807) is 38.3 Å². The first-order valence-electron chi connectivity index (χ1n) is 8.76. The lowest BCUT2D eigenvalue weighted by molar-refractivity contribution is 0.102. The van der Waals surface area contributed by atoms with Crippen molar-refractivity contribution in [2.24, 2.45) is 0 Å². The second-order valence-electron chi connectivity index (χ2n) is 6.05. The number of aromatic nitrogens is 2. The van der Waals surface area contributed by atoms with Gasteiger partial charge in [0.1, 0.15) is 28.8 Å². The van der Waals surface area contributed by atoms with E-state index in [9.17, 15) is 4.79 Å². The van der Waals surface area contributed by atoms with E-state index in [-0.39, 0.29) is 11.6 Å². The number of methoxy groups -OCH3 is 2. The number of benzene rings is 2. The molecule has 0 saturated carbocycles. The Bertz CT molecular complexity index is 961. The van der Waals surface area contributed by atoms with Gasteiger partial charge in [-0.3, -0.25) is 4.79 Å². The number of carbonyl (C=O) groups excluding carboxylic acids is 1. The lowest BCUT2D eigenvalue weighted by Gasteiger charge is -2.12. The molecule has 0 aliphatic rings. The Labute approximate surface area is 163 Å². The molecule has 3 aromatic rings. The Morgan fingerprint density at radius 2 is 1.79 bits per heavy atom. The monoisotopic (exact) mass is 378 g/mol. The van der Waals surface area contributed by atoms with Crippen LogP contribution < -0.4 is 20.1 Å². The molecule has 0 radical (unpaired) electrons. The van der Waals surface area contributed by atoms with E-state index in [0.29, 0.717) is 35.4 Å². The molecule has 7 heteroatoms. The lowest BCUT2D eigenvalue weighted by atomic mass is 10.2. The number of nitrogens with one attached hydrogen (secondary N) is 2. The molecule has 1 heterocycles. The summed E-state index contributed by atoms with van der Waals surface area (Å²) in [6.07, 6.45) is 0. The van der Waals surface area contributed by atoms with E-state index in [2.05, 4.69) is 20.6 Å². The molecule has 0 unspecified atom stereocenters. The quantitative estimate of drug-likeness (QED) is 0.653. The van der Waals surface area contributed by atoms with Crippen LogP contribution in [0.2, 0.25) is 0 Å². The predicted molar refractivity (Wildman–Crippen MR) is 108 cm³/mol. The smallest absolute Gasteiger partial charge is 0.274 e. The van der Waals surface area contributed by atoms with E-state index in [1.165, 1.54) is 7.11 Å². The second kappa shape index (κ2) is 8.85. The summed E-state index contributed by atoms with van der Waals surface area (Å²) in [7, 11) is 3.10. The Morgan fingerprint density at radius 3 is 2.50 bits per heavy atom. The lowest BCUT2D eigenvalue weighted by Crippen LogP contribution is -2.16. The average Bonchev–Trinajstić information content (AvgIpc) is 2.72. The molecule has 2 aromatic carbocycles. The normalized spacial score (nSPS) is 10.2. The maximum Gasteiger partial charge on any atom is 0.274 e. The third kappa shape index (κ3) is 4.76. The number of amides is 1. The summed E-state index contributed by atoms with van der Waals surface area (Å²) < 4.78 is 10.5. The van der Waals surface area contributed by atoms with Crippen LogP contribution in [0.25, 0.3) is 0 Å². The number of rotatable bonds is 7. The van der Waals surface area contributed by atoms with Crippen molar-refractivity contribution in [1.29, 1.82) is 0 Å². The van der Waals surface area contributed by atoms with Crippen LogP contribution >= 0.6 is 0 Å². The highest BCUT2D eigenvalue weighted by atomic mass is 16.5. The van der Waals surface area contributed by atoms with Gasteiger partial charge in [0.25, 0.3) is 5.91 Å². The maximum atomic E-state index is 12.7. The molecule has 144 valence electrons. The van der Waals surface area contributed by atoms with Gasteiger partial charge in [0.15, 0.2) is 0 Å². The van der Waals surface area contributed by atoms with Crippen molar-refractivity contribution < 1.29 is 14.3 Å². The van der Waals surface area contributed by atoms with Gasteiger partial charge in [-0.05, 0) is 24.6 Å². The van der Waals surface area contributed by atoms with Gasteiger partial charge in [-0.2, -0.15) is 0 Å². The van der Waals surface area contributed by atoms with Crippen molar-refractivity contribution in [2.45, 2.75) is 13.5 Å². The summed E-state index contributed by atoms with van der Waals surface area (Å²) in [5.74, 6) is 1.86. The van der Waals surface area contributed by atoms with Crippen LogP contribution in [0.1, 0.15) is 21.9 Å². The number of anilines is 2. The van der Waals surface area contributed by atoms with Crippen molar-refractivity contribution in [3.8, 4) is 11.5 Å². The van der Waals surface area contributed by atoms with E-state index >= 15 is 0 Å². The zero-order valence-corrected chi connectivity index (χ0v) is 16.0. The molecule has 28 heavy (non-hydrogen) atoms. The van der Waals surface area contributed by atoms with Crippen LogP contribution in [0.5, 0.6) is 11.5 Å². The van der Waals surface area contributed by atoms with Crippen LogP contribution in [0.3, 0.4) is 0 Å². The molecule has 0 saturated heterocycles. The fourth-order valence-electron chi connectivity index (χ4n) is 2.66. The zero-order valence-electron chi connectivity index (χ0n) is 16.0. The predicted octanol–water partition coefficient (Wildman–Crippen LogP) is 3.67. The molecule has 3 rings (SSSR count). The summed E-state index contributed by atoms with van der Waals surface area (Å²) in [5.41, 5.74) is 1.88. The van der Waals surface area contributed by atoms with Crippen LogP contribution in [0.4, 0.5) is 11.5 Å². The number of nitrogens with zero attached hydrogens (tertiary/aromatic N) is 2. The maximum absolute atomic E-state index is 12.7. The van der Waals surface area contributed by atoms with Crippen LogP contribution in [0.15, 0.2) is 54.6 Å². The highest BCUT2D eigenvalue weighted by molar-refractivity contribution is 6.04. The Morgan fingerprint density at radius 1 is 1.00 bits per heavy atom. The molecule has 0 fully saturated rings. The first-order valence-corrected chi connectivity index (χ1v) is 8.76. The fourth-order valence-corrected chi connectivity index (χ4v) is 2.66. The molecule has 1 aromatic heterocycles. The van der Waals surface area contributed by atoms with Gasteiger partial charge in [-0.15, -0.1) is 0 Å². The third-order valence-corrected chi connectivity index (χ3v) is 4.04. The molecule has 0 spiro atoms. The van der Waals surface area contributed by atoms with Gasteiger partial charge in [-0.25, -0.2) is 9.97 Å². The number of hydrogen-bond acceptors (Lipinski definition) is 6. The van der Waals surface area contributed by atoms with E-state index in [4.69, 9.17) is 9.47 Å². The van der Waals surface area contributed by atoms with Gasteiger partial charge in [-0.1, -0.05) is 30.3 Å². The first-order chi connectivity index (χ1) is 13.6. The number of hydrogen-bond donors (Lipinski definition) is 2. The molecule has 0 aliphatic heterocycles. The van der Waals surface area contributed by atoms with E-state index < -0.39 is 0 Å². The second-order valence-corrected chi connectivity index (χ2v) is 6.05. The molecule has 2 N–H and O–H groups in total. The van der Waals surface area contributed by atoms with Crippen molar-refractivity contribution >= 4 is 17.4 Å². The Balaban J connectivity index is 1.77. The van der Waals surface area contributed by atoms with Gasteiger partial charge < -0.3 is 20.1 Å². The standard InChI is InChI=1S/C21H22N4O3/c1-14-23-18(12-20(24-14)22-13-15-7-5-4-6-8-15)21(26)25-17-11-16(27-2)9-10-19(17)28-3/h4-12H,13H2,1-3H3,(H,25,26)(H,22,23,24). The SMILES string of the molecule is COc1ccc(OC)c(NC(=O)c2cc(NCc3ccccc3)nc(C)n2)c1. The van der Waals surface area contributed by atoms with Crippen molar-refractivity contribution in [3.63, 3.8) is 0 Å². The first kappa shape index (κ1) is 19.2. The highest BCUT2D eigenvalue weighted by Crippen LogP contribution is 2.29. The van der Waals surface area contributed by atoms with Crippen molar-refractivity contribution in [1.82, 2.24) is 9.97 Å². The zero-order chi connectivity index (χ0) is 19.9. The van der Waals surface area contributed by atoms with Crippen LogP contribution in [-0.4, -0.2) is 30.1 Å². The molecule has 0 atom stereocenters. The summed E-state index contributed by atoms with van der Waals surface area (Å²) >= 11 is 0.